The quantitative estimate of drug-likeness (QED) is 0.718. The first-order valence-corrected chi connectivity index (χ1v) is 9.58. The van der Waals surface area contributed by atoms with Crippen LogP contribution in [0.4, 0.5) is 5.69 Å². The van der Waals surface area contributed by atoms with Crippen LogP contribution >= 0.6 is 0 Å². The largest absolute Gasteiger partial charge is 0.325 e. The van der Waals surface area contributed by atoms with Gasteiger partial charge in [-0.25, -0.2) is 0 Å². The summed E-state index contributed by atoms with van der Waals surface area (Å²) in [6, 6.07) is 7.95. The van der Waals surface area contributed by atoms with Gasteiger partial charge in [-0.3, -0.25) is 19.7 Å². The lowest BCUT2D eigenvalue weighted by molar-refractivity contribution is -0.125. The number of nitrogens with one attached hydrogen (secondary N) is 3. The van der Waals surface area contributed by atoms with Gasteiger partial charge in [-0.05, 0) is 49.3 Å². The zero-order chi connectivity index (χ0) is 18.1. The van der Waals surface area contributed by atoms with Crippen LogP contribution < -0.4 is 16.0 Å². The molecule has 0 bridgehead atoms. The van der Waals surface area contributed by atoms with E-state index in [1.54, 1.807) is 0 Å². The van der Waals surface area contributed by atoms with Crippen LogP contribution in [0.1, 0.15) is 44.1 Å². The molecule has 0 spiro atoms. The second-order valence-electron chi connectivity index (χ2n) is 7.81. The Morgan fingerprint density at radius 2 is 1.88 bits per heavy atom. The molecule has 1 aliphatic carbocycles. The van der Waals surface area contributed by atoms with Crippen molar-refractivity contribution < 1.29 is 14.4 Å². The molecular formula is C20H25N3O3. The van der Waals surface area contributed by atoms with Gasteiger partial charge in [0, 0.05) is 18.2 Å². The highest BCUT2D eigenvalue weighted by Gasteiger charge is 2.38. The maximum atomic E-state index is 12.5. The number of anilines is 1. The molecule has 4 atom stereocenters. The van der Waals surface area contributed by atoms with E-state index >= 15 is 0 Å². The summed E-state index contributed by atoms with van der Waals surface area (Å²) >= 11 is 0. The SMILES string of the molecule is O=C1CC(Cc2ccc(NC(=O)C3CC4CCCCC4N3)cc2)C(=O)N1. The van der Waals surface area contributed by atoms with Crippen molar-refractivity contribution in [2.24, 2.45) is 11.8 Å². The maximum absolute atomic E-state index is 12.5. The highest BCUT2D eigenvalue weighted by Crippen LogP contribution is 2.33. The topological polar surface area (TPSA) is 87.3 Å². The Morgan fingerprint density at radius 1 is 1.12 bits per heavy atom. The van der Waals surface area contributed by atoms with Crippen LogP contribution in [0.15, 0.2) is 24.3 Å². The van der Waals surface area contributed by atoms with E-state index in [9.17, 15) is 14.4 Å². The molecular weight excluding hydrogens is 330 g/mol. The first-order valence-electron chi connectivity index (χ1n) is 9.58. The second kappa shape index (κ2) is 7.19. The van der Waals surface area contributed by atoms with E-state index in [1.807, 2.05) is 24.3 Å². The molecule has 3 aliphatic rings. The summed E-state index contributed by atoms with van der Waals surface area (Å²) in [4.78, 5) is 35.5. The van der Waals surface area contributed by atoms with Crippen molar-refractivity contribution in [2.45, 2.75) is 57.0 Å². The van der Waals surface area contributed by atoms with Crippen LogP contribution in [0.3, 0.4) is 0 Å². The third-order valence-corrected chi connectivity index (χ3v) is 5.95. The first-order chi connectivity index (χ1) is 12.6. The summed E-state index contributed by atoms with van der Waals surface area (Å²) in [6.45, 7) is 0. The molecule has 4 unspecified atom stereocenters. The average molecular weight is 355 g/mol. The van der Waals surface area contributed by atoms with Crippen molar-refractivity contribution in [3.05, 3.63) is 29.8 Å². The Morgan fingerprint density at radius 3 is 2.58 bits per heavy atom. The Bertz CT molecular complexity index is 702. The predicted octanol–water partition coefficient (Wildman–Crippen LogP) is 1.75. The molecule has 3 fully saturated rings. The Labute approximate surface area is 153 Å². The number of imide groups is 1. The Hall–Kier alpha value is -2.21. The van der Waals surface area contributed by atoms with Crippen molar-refractivity contribution >= 4 is 23.4 Å². The van der Waals surface area contributed by atoms with Crippen LogP contribution in [0.25, 0.3) is 0 Å². The van der Waals surface area contributed by atoms with E-state index < -0.39 is 0 Å². The standard InChI is InChI=1S/C20H25N3O3/c24-18-11-14(19(25)23-18)9-12-5-7-15(8-6-12)21-20(26)17-10-13-3-1-2-4-16(13)22-17/h5-8,13-14,16-17,22H,1-4,9-11H2,(H,21,26)(H,23,24,25). The number of amides is 3. The third-order valence-electron chi connectivity index (χ3n) is 5.95. The van der Waals surface area contributed by atoms with Gasteiger partial charge in [-0.2, -0.15) is 0 Å². The molecule has 0 aromatic heterocycles. The molecule has 26 heavy (non-hydrogen) atoms. The fourth-order valence-electron chi connectivity index (χ4n) is 4.53. The average Bonchev–Trinajstić information content (AvgIpc) is 3.19. The molecule has 0 radical (unpaired) electrons. The fraction of sp³-hybridized carbons (Fsp3) is 0.550. The molecule has 6 nitrogen and oxygen atoms in total. The molecule has 3 N–H and O–H groups in total. The van der Waals surface area contributed by atoms with E-state index in [0.29, 0.717) is 18.4 Å². The van der Waals surface area contributed by atoms with Crippen LogP contribution in [-0.2, 0) is 20.8 Å². The van der Waals surface area contributed by atoms with Crippen molar-refractivity contribution in [1.82, 2.24) is 10.6 Å². The normalized spacial score (nSPS) is 30.8. The van der Waals surface area contributed by atoms with Crippen molar-refractivity contribution in [2.75, 3.05) is 5.32 Å². The highest BCUT2D eigenvalue weighted by molar-refractivity contribution is 6.03. The summed E-state index contributed by atoms with van der Waals surface area (Å²) in [5.74, 6) is -0.00120. The van der Waals surface area contributed by atoms with Crippen molar-refractivity contribution in [3.8, 4) is 0 Å². The van der Waals surface area contributed by atoms with E-state index in [1.165, 1.54) is 25.7 Å². The summed E-state index contributed by atoms with van der Waals surface area (Å²) < 4.78 is 0. The van der Waals surface area contributed by atoms with Gasteiger partial charge in [0.2, 0.25) is 17.7 Å². The molecule has 1 aromatic rings. The lowest BCUT2D eigenvalue weighted by Gasteiger charge is -2.24. The van der Waals surface area contributed by atoms with Gasteiger partial charge in [0.05, 0.1) is 12.0 Å². The molecule has 3 amide bonds. The van der Waals surface area contributed by atoms with Gasteiger partial charge in [-0.15, -0.1) is 0 Å². The van der Waals surface area contributed by atoms with Crippen LogP contribution in [0.5, 0.6) is 0 Å². The van der Waals surface area contributed by atoms with Crippen LogP contribution in [-0.4, -0.2) is 29.8 Å². The maximum Gasteiger partial charge on any atom is 0.241 e. The summed E-state index contributed by atoms with van der Waals surface area (Å²) in [6.07, 6.45) is 6.68. The van der Waals surface area contributed by atoms with E-state index in [4.69, 9.17) is 0 Å². The fourth-order valence-corrected chi connectivity index (χ4v) is 4.53. The molecule has 2 aliphatic heterocycles. The predicted molar refractivity (Wildman–Crippen MR) is 97.3 cm³/mol. The molecule has 138 valence electrons. The molecule has 2 saturated heterocycles. The molecule has 1 saturated carbocycles. The molecule has 6 heteroatoms. The van der Waals surface area contributed by atoms with Crippen LogP contribution in [0.2, 0.25) is 0 Å². The van der Waals surface area contributed by atoms with Gasteiger partial charge >= 0.3 is 0 Å². The number of hydrogen-bond donors (Lipinski definition) is 3. The first kappa shape index (κ1) is 17.2. The molecule has 1 aromatic carbocycles. The number of fused-ring (bicyclic) bond motifs is 1. The van der Waals surface area contributed by atoms with Gasteiger partial charge in [-0.1, -0.05) is 25.0 Å². The lowest BCUT2D eigenvalue weighted by atomic mass is 9.85. The van der Waals surface area contributed by atoms with E-state index in [2.05, 4.69) is 16.0 Å². The number of rotatable bonds is 4. The summed E-state index contributed by atoms with van der Waals surface area (Å²) in [7, 11) is 0. The van der Waals surface area contributed by atoms with E-state index in [-0.39, 0.29) is 36.1 Å². The van der Waals surface area contributed by atoms with Crippen molar-refractivity contribution in [3.63, 3.8) is 0 Å². The molecule has 2 heterocycles. The zero-order valence-electron chi connectivity index (χ0n) is 14.8. The number of carbonyl (C=O) groups is 3. The minimum atomic E-state index is -0.283. The Kier molecular flexibility index (Phi) is 4.76. The zero-order valence-corrected chi connectivity index (χ0v) is 14.8. The Balaban J connectivity index is 1.32. The highest BCUT2D eigenvalue weighted by atomic mass is 16.2. The van der Waals surface area contributed by atoms with E-state index in [0.717, 1.165) is 17.7 Å². The minimum absolute atomic E-state index is 0.0351. The smallest absolute Gasteiger partial charge is 0.241 e. The summed E-state index contributed by atoms with van der Waals surface area (Å²) in [5, 5.41) is 8.82. The van der Waals surface area contributed by atoms with Gasteiger partial charge in [0.15, 0.2) is 0 Å². The number of hydrogen-bond acceptors (Lipinski definition) is 4. The van der Waals surface area contributed by atoms with Crippen LogP contribution in [0, 0.1) is 11.8 Å². The molecule has 4 rings (SSSR count). The van der Waals surface area contributed by atoms with Gasteiger partial charge in [0.25, 0.3) is 0 Å². The minimum Gasteiger partial charge on any atom is -0.325 e. The lowest BCUT2D eigenvalue weighted by Crippen LogP contribution is -2.39. The third kappa shape index (κ3) is 3.65. The number of carbonyl (C=O) groups excluding carboxylic acids is 3. The summed E-state index contributed by atoms with van der Waals surface area (Å²) in [5.41, 5.74) is 1.75. The van der Waals surface area contributed by atoms with Gasteiger partial charge < -0.3 is 10.6 Å². The second-order valence-corrected chi connectivity index (χ2v) is 7.81. The number of benzene rings is 1. The monoisotopic (exact) mass is 355 g/mol. The van der Waals surface area contributed by atoms with Crippen molar-refractivity contribution in [1.29, 1.82) is 0 Å². The van der Waals surface area contributed by atoms with Gasteiger partial charge in [0.1, 0.15) is 0 Å².